The van der Waals surface area contributed by atoms with E-state index in [1.807, 2.05) is 17.9 Å². The molecular formula is C18H18Cl2IN3O. The van der Waals surface area contributed by atoms with E-state index in [9.17, 15) is 4.79 Å². The largest absolute Gasteiger partial charge is 0.333 e. The monoisotopic (exact) mass is 489 g/mol. The van der Waals surface area contributed by atoms with Crippen LogP contribution in [0, 0.1) is 6.92 Å². The Bertz CT molecular complexity index is 842. The molecule has 1 N–H and O–H groups in total. The van der Waals surface area contributed by atoms with Crippen molar-refractivity contribution in [2.45, 2.75) is 33.4 Å². The molecule has 25 heavy (non-hydrogen) atoms. The Labute approximate surface area is 171 Å². The number of hydrogen-bond acceptors (Lipinski definition) is 3. The van der Waals surface area contributed by atoms with E-state index in [-0.39, 0.29) is 5.91 Å². The third-order valence-corrected chi connectivity index (χ3v) is 5.29. The quantitative estimate of drug-likeness (QED) is 0.465. The van der Waals surface area contributed by atoms with Gasteiger partial charge in [0, 0.05) is 62.8 Å². The molecule has 0 unspecified atom stereocenters. The lowest BCUT2D eigenvalue weighted by molar-refractivity contribution is 0.0778. The summed E-state index contributed by atoms with van der Waals surface area (Å²) in [6.45, 7) is 5.92. The highest BCUT2D eigenvalue weighted by Gasteiger charge is 2.34. The average molecular weight is 490 g/mol. The molecule has 132 valence electrons. The lowest BCUT2D eigenvalue weighted by Gasteiger charge is -2.17. The van der Waals surface area contributed by atoms with Crippen LogP contribution in [0.2, 0.25) is 10.0 Å². The molecule has 0 spiro atoms. The van der Waals surface area contributed by atoms with Crippen LogP contribution in [0.3, 0.4) is 0 Å². The van der Waals surface area contributed by atoms with Gasteiger partial charge in [0.05, 0.1) is 17.8 Å². The molecule has 0 fully saturated rings. The molecule has 2 heterocycles. The van der Waals surface area contributed by atoms with Gasteiger partial charge in [0.25, 0.3) is 5.91 Å². The first-order chi connectivity index (χ1) is 12.0. The number of hydrogen-bond donors (Lipinski definition) is 1. The summed E-state index contributed by atoms with van der Waals surface area (Å²) in [5.41, 5.74) is 5.09. The maximum atomic E-state index is 13.0. The lowest BCUT2D eigenvalue weighted by Crippen LogP contribution is -2.24. The zero-order chi connectivity index (χ0) is 18.1. The number of aromatic nitrogens is 1. The first kappa shape index (κ1) is 18.9. The van der Waals surface area contributed by atoms with Crippen molar-refractivity contribution in [2.24, 2.45) is 0 Å². The fourth-order valence-corrected chi connectivity index (χ4v) is 4.16. The molecule has 0 atom stereocenters. The molecule has 7 heteroatoms. The molecule has 0 aliphatic carbocycles. The fourth-order valence-electron chi connectivity index (χ4n) is 3.28. The van der Waals surface area contributed by atoms with Crippen LogP contribution in [0.15, 0.2) is 18.2 Å². The summed E-state index contributed by atoms with van der Waals surface area (Å²) in [5, 5.41) is 1.11. The summed E-state index contributed by atoms with van der Waals surface area (Å²) in [6.07, 6.45) is 0.915. The van der Waals surface area contributed by atoms with Gasteiger partial charge in [-0.05, 0) is 31.0 Å². The zero-order valence-corrected chi connectivity index (χ0v) is 17.7. The van der Waals surface area contributed by atoms with Gasteiger partial charge in [-0.3, -0.25) is 13.3 Å². The van der Waals surface area contributed by atoms with Crippen molar-refractivity contribution in [3.63, 3.8) is 0 Å². The summed E-state index contributed by atoms with van der Waals surface area (Å²) in [7, 11) is 0. The summed E-state index contributed by atoms with van der Waals surface area (Å²) >= 11 is 14.6. The molecular weight excluding hydrogens is 472 g/mol. The summed E-state index contributed by atoms with van der Waals surface area (Å²) in [5.74, 6) is 0.0278. The highest BCUT2D eigenvalue weighted by atomic mass is 127. The van der Waals surface area contributed by atoms with Crippen molar-refractivity contribution in [2.75, 3.05) is 6.54 Å². The second-order valence-corrected chi connectivity index (χ2v) is 7.64. The minimum Gasteiger partial charge on any atom is -0.333 e. The molecule has 0 bridgehead atoms. The van der Waals surface area contributed by atoms with Crippen LogP contribution < -0.4 is 3.53 Å². The number of pyridine rings is 1. The van der Waals surface area contributed by atoms with Crippen LogP contribution >= 0.6 is 46.1 Å². The molecule has 3 rings (SSSR count). The Morgan fingerprint density at radius 3 is 2.72 bits per heavy atom. The number of carbonyl (C=O) groups excluding carboxylic acids is 1. The Balaban J connectivity index is 2.27. The molecule has 1 aliphatic rings. The van der Waals surface area contributed by atoms with Gasteiger partial charge in [0.15, 0.2) is 0 Å². The number of nitrogens with zero attached hydrogens (tertiary/aromatic N) is 2. The van der Waals surface area contributed by atoms with Crippen LogP contribution in [0.1, 0.15) is 40.7 Å². The SMILES string of the molecule is CCCN1Cc2nc(C)c(CNI)c(-c3ccc(Cl)cc3Cl)c2C1=O. The van der Waals surface area contributed by atoms with Gasteiger partial charge in [-0.2, -0.15) is 0 Å². The van der Waals surface area contributed by atoms with Gasteiger partial charge in [-0.15, -0.1) is 0 Å². The predicted octanol–water partition coefficient (Wildman–Crippen LogP) is 5.17. The van der Waals surface area contributed by atoms with Gasteiger partial charge in [-0.25, -0.2) is 0 Å². The van der Waals surface area contributed by atoms with Crippen LogP contribution in [-0.2, 0) is 13.1 Å². The second-order valence-electron chi connectivity index (χ2n) is 6.03. The highest BCUT2D eigenvalue weighted by molar-refractivity contribution is 14.1. The van der Waals surface area contributed by atoms with Crippen molar-refractivity contribution in [3.05, 3.63) is 50.8 Å². The van der Waals surface area contributed by atoms with Crippen LogP contribution in [0.25, 0.3) is 11.1 Å². The molecule has 0 radical (unpaired) electrons. The third-order valence-electron chi connectivity index (χ3n) is 4.36. The molecule has 0 saturated carbocycles. The Hall–Kier alpha value is -0.890. The third kappa shape index (κ3) is 3.52. The number of rotatable bonds is 5. The standard InChI is InChI=1S/C18H18Cl2IN3O/c1-3-6-24-9-15-17(18(24)25)16(13(8-22-21)10(2)23-15)12-5-4-11(19)7-14(12)20/h4-5,7,22H,3,6,8-9H2,1-2H3. The number of fused-ring (bicyclic) bond motifs is 1. The number of nitrogens with one attached hydrogen (secondary N) is 1. The molecule has 1 amide bonds. The van der Waals surface area contributed by atoms with E-state index in [1.165, 1.54) is 0 Å². The summed E-state index contributed by atoms with van der Waals surface area (Å²) in [6, 6.07) is 5.40. The Morgan fingerprint density at radius 2 is 2.08 bits per heavy atom. The highest BCUT2D eigenvalue weighted by Crippen LogP contribution is 2.40. The fraction of sp³-hybridized carbons (Fsp3) is 0.333. The number of aryl methyl sites for hydroxylation is 1. The average Bonchev–Trinajstić information content (AvgIpc) is 2.85. The lowest BCUT2D eigenvalue weighted by atomic mass is 9.93. The maximum Gasteiger partial charge on any atom is 0.256 e. The van der Waals surface area contributed by atoms with E-state index >= 15 is 0 Å². The van der Waals surface area contributed by atoms with Gasteiger partial charge in [-0.1, -0.05) is 36.2 Å². The topological polar surface area (TPSA) is 45.2 Å². The first-order valence-electron chi connectivity index (χ1n) is 8.08. The Morgan fingerprint density at radius 1 is 1.32 bits per heavy atom. The van der Waals surface area contributed by atoms with Crippen LogP contribution in [-0.4, -0.2) is 22.3 Å². The van der Waals surface area contributed by atoms with Crippen molar-refractivity contribution in [1.29, 1.82) is 0 Å². The summed E-state index contributed by atoms with van der Waals surface area (Å²) in [4.78, 5) is 19.6. The van der Waals surface area contributed by atoms with E-state index in [2.05, 4.69) is 33.3 Å². The van der Waals surface area contributed by atoms with E-state index in [1.54, 1.807) is 12.1 Å². The van der Waals surface area contributed by atoms with Crippen LogP contribution in [0.5, 0.6) is 0 Å². The van der Waals surface area contributed by atoms with Crippen molar-refractivity contribution in [1.82, 2.24) is 13.4 Å². The van der Waals surface area contributed by atoms with Crippen LogP contribution in [0.4, 0.5) is 0 Å². The second kappa shape index (κ2) is 7.78. The molecule has 1 aromatic carbocycles. The summed E-state index contributed by atoms with van der Waals surface area (Å²) < 4.78 is 3.14. The molecule has 1 aliphatic heterocycles. The van der Waals surface area contributed by atoms with Gasteiger partial charge < -0.3 is 4.90 Å². The van der Waals surface area contributed by atoms with Gasteiger partial charge >= 0.3 is 0 Å². The van der Waals surface area contributed by atoms with E-state index < -0.39 is 0 Å². The van der Waals surface area contributed by atoms with E-state index in [0.717, 1.165) is 41.0 Å². The van der Waals surface area contributed by atoms with E-state index in [4.69, 9.17) is 28.2 Å². The minimum absolute atomic E-state index is 0.0278. The van der Waals surface area contributed by atoms with Gasteiger partial charge in [0.1, 0.15) is 0 Å². The maximum absolute atomic E-state index is 13.0. The molecule has 4 nitrogen and oxygen atoms in total. The van der Waals surface area contributed by atoms with Crippen molar-refractivity contribution < 1.29 is 4.79 Å². The predicted molar refractivity (Wildman–Crippen MR) is 110 cm³/mol. The normalized spacial score (nSPS) is 13.5. The number of halogens is 3. The number of carbonyl (C=O) groups is 1. The molecule has 1 aromatic heterocycles. The van der Waals surface area contributed by atoms with Gasteiger partial charge in [0.2, 0.25) is 0 Å². The molecule has 2 aromatic rings. The van der Waals surface area contributed by atoms with Crippen molar-refractivity contribution in [3.8, 4) is 11.1 Å². The zero-order valence-electron chi connectivity index (χ0n) is 14.0. The number of amides is 1. The van der Waals surface area contributed by atoms with E-state index in [0.29, 0.717) is 28.7 Å². The number of benzene rings is 1. The molecule has 0 saturated heterocycles. The first-order valence-corrected chi connectivity index (χ1v) is 9.91. The smallest absolute Gasteiger partial charge is 0.256 e. The minimum atomic E-state index is 0.0278. The van der Waals surface area contributed by atoms with Crippen molar-refractivity contribution >= 4 is 52.0 Å². The Kier molecular flexibility index (Phi) is 5.88.